The van der Waals surface area contributed by atoms with Crippen LogP contribution in [0.3, 0.4) is 0 Å². The van der Waals surface area contributed by atoms with Crippen LogP contribution in [0, 0.1) is 0 Å². The minimum absolute atomic E-state index is 0. The van der Waals surface area contributed by atoms with Crippen LogP contribution in [0.15, 0.2) is 0 Å². The molecule has 0 saturated carbocycles. The summed E-state index contributed by atoms with van der Waals surface area (Å²) in [5, 5.41) is 0. The van der Waals surface area contributed by atoms with E-state index in [1.54, 1.807) is 14.6 Å². The van der Waals surface area contributed by atoms with Gasteiger partial charge in [0.25, 0.3) is 0 Å². The summed E-state index contributed by atoms with van der Waals surface area (Å²) >= 11 is -0.718. The van der Waals surface area contributed by atoms with Gasteiger partial charge in [-0.1, -0.05) is 0 Å². The van der Waals surface area contributed by atoms with Crippen LogP contribution in [0.25, 0.3) is 0 Å². The van der Waals surface area contributed by atoms with Gasteiger partial charge in [0.1, 0.15) is 0 Å². The van der Waals surface area contributed by atoms with Crippen LogP contribution in [0.5, 0.6) is 0 Å². The zero-order valence-electron chi connectivity index (χ0n) is 14.1. The minimum atomic E-state index is -0.801. The van der Waals surface area contributed by atoms with Crippen LogP contribution in [-0.2, 0) is 0 Å². The van der Waals surface area contributed by atoms with Gasteiger partial charge in [0.15, 0.2) is 0 Å². The van der Waals surface area contributed by atoms with Crippen molar-refractivity contribution in [1.82, 2.24) is 0 Å². The summed E-state index contributed by atoms with van der Waals surface area (Å²) in [5.74, 6) is 0. The van der Waals surface area contributed by atoms with E-state index in [1.807, 2.05) is 0 Å². The van der Waals surface area contributed by atoms with E-state index in [9.17, 15) is 0 Å². The number of rotatable bonds is 6. The summed E-state index contributed by atoms with van der Waals surface area (Å²) in [6.45, 7) is 23.2. The van der Waals surface area contributed by atoms with Gasteiger partial charge in [-0.05, 0) is 0 Å². The summed E-state index contributed by atoms with van der Waals surface area (Å²) in [5.41, 5.74) is 0. The van der Waals surface area contributed by atoms with E-state index in [-0.39, 0.29) is 18.9 Å². The van der Waals surface area contributed by atoms with E-state index < -0.39 is 38.6 Å². The van der Waals surface area contributed by atoms with Gasteiger partial charge in [-0.3, -0.25) is 0 Å². The SMILES string of the molecule is C[Si](C)(C)[CH2][Ge]([CH2][Si](C)(C)C)[CH2][Si](C)(C)C.[Li]. The van der Waals surface area contributed by atoms with Crippen LogP contribution in [0.2, 0.25) is 73.6 Å². The Bertz CT molecular complexity index is 175. The quantitative estimate of drug-likeness (QED) is 0.613. The standard InChI is InChI=1S/C12H33GeSi3.Li/c1-14(2,3)10-13(11-15(4,5)6)12-16(7,8)9;/h10-12H2,1-9H3;. The normalized spacial score (nSPS) is 13.8. The molecule has 2 radical (unpaired) electrons. The predicted molar refractivity (Wildman–Crippen MR) is 96.0 cm³/mol. The molecule has 0 spiro atoms. The second kappa shape index (κ2) is 7.54. The first-order valence-electron chi connectivity index (χ1n) is 6.62. The second-order valence-electron chi connectivity index (χ2n) is 8.96. The van der Waals surface area contributed by atoms with Crippen molar-refractivity contribution in [2.45, 2.75) is 73.6 Å². The molecule has 0 saturated heterocycles. The van der Waals surface area contributed by atoms with Crippen molar-refractivity contribution < 1.29 is 0 Å². The molecular weight excluding hydrogens is 308 g/mol. The third-order valence-electron chi connectivity index (χ3n) is 2.34. The minimum Gasteiger partial charge on any atom is 0 e. The van der Waals surface area contributed by atoms with Gasteiger partial charge >= 0.3 is 112 Å². The van der Waals surface area contributed by atoms with Gasteiger partial charge in [0.05, 0.1) is 0 Å². The van der Waals surface area contributed by atoms with Crippen molar-refractivity contribution in [3.05, 3.63) is 0 Å². The summed E-state index contributed by atoms with van der Waals surface area (Å²) in [4.78, 5) is 5.17. The Morgan fingerprint density at radius 2 is 0.706 bits per heavy atom. The fraction of sp³-hybridized carbons (Fsp3) is 1.00. The first-order valence-corrected chi connectivity index (χ1v) is 22.2. The monoisotopic (exact) mass is 342 g/mol. The zero-order valence-corrected chi connectivity index (χ0v) is 19.2. The van der Waals surface area contributed by atoms with E-state index in [4.69, 9.17) is 0 Å². The van der Waals surface area contributed by atoms with Gasteiger partial charge in [-0.25, -0.2) is 0 Å². The van der Waals surface area contributed by atoms with Crippen molar-refractivity contribution in [2.24, 2.45) is 0 Å². The molecule has 0 aromatic rings. The fourth-order valence-electron chi connectivity index (χ4n) is 2.44. The summed E-state index contributed by atoms with van der Waals surface area (Å²) in [7, 11) is -2.40. The van der Waals surface area contributed by atoms with Gasteiger partial charge in [0.2, 0.25) is 0 Å². The molecule has 0 atom stereocenters. The molecule has 98 valence electrons. The molecule has 0 aromatic carbocycles. The van der Waals surface area contributed by atoms with E-state index in [2.05, 4.69) is 58.9 Å². The van der Waals surface area contributed by atoms with Crippen LogP contribution >= 0.6 is 0 Å². The molecule has 0 rings (SSSR count). The fourth-order valence-corrected chi connectivity index (χ4v) is 43.8. The molecule has 0 aromatic heterocycles. The van der Waals surface area contributed by atoms with Crippen molar-refractivity contribution >= 4 is 57.4 Å². The first-order chi connectivity index (χ1) is 6.79. The van der Waals surface area contributed by atoms with E-state index in [0.717, 1.165) is 0 Å². The predicted octanol–water partition coefficient (Wildman–Crippen LogP) is 4.73. The smallest absolute Gasteiger partial charge is 0 e. The van der Waals surface area contributed by atoms with Crippen molar-refractivity contribution in [3.8, 4) is 0 Å². The molecule has 0 nitrogen and oxygen atoms in total. The molecule has 0 aliphatic heterocycles. The molecule has 17 heavy (non-hydrogen) atoms. The summed E-state index contributed by atoms with van der Waals surface area (Å²) < 4.78 is 0. The molecule has 0 amide bonds. The third kappa shape index (κ3) is 15.7. The number of hydrogen-bond acceptors (Lipinski definition) is 0. The third-order valence-corrected chi connectivity index (χ3v) is 36.5. The molecule has 0 bridgehead atoms. The molecular formula is C12H33GeLiSi3. The Kier molecular flexibility index (Phi) is 9.36. The van der Waals surface area contributed by atoms with Crippen LogP contribution in [0.1, 0.15) is 0 Å². The van der Waals surface area contributed by atoms with E-state index in [0.29, 0.717) is 0 Å². The Hall–Kier alpha value is 1.79. The molecule has 0 aliphatic rings. The average Bonchev–Trinajstić information content (AvgIpc) is 1.70. The Morgan fingerprint density at radius 3 is 0.824 bits per heavy atom. The maximum atomic E-state index is 2.58. The molecule has 0 unspecified atom stereocenters. The molecule has 5 heteroatoms. The van der Waals surface area contributed by atoms with Gasteiger partial charge in [0, 0.05) is 18.9 Å². The Morgan fingerprint density at radius 1 is 0.529 bits per heavy atom. The Balaban J connectivity index is 0. The van der Waals surface area contributed by atoms with E-state index >= 15 is 0 Å². The second-order valence-corrected chi connectivity index (χ2v) is 35.2. The van der Waals surface area contributed by atoms with Crippen LogP contribution in [-0.4, -0.2) is 57.4 Å². The van der Waals surface area contributed by atoms with E-state index in [1.165, 1.54) is 0 Å². The Labute approximate surface area is 130 Å². The van der Waals surface area contributed by atoms with Gasteiger partial charge < -0.3 is 0 Å². The molecule has 0 fully saturated rings. The van der Waals surface area contributed by atoms with Crippen molar-refractivity contribution in [1.29, 1.82) is 0 Å². The van der Waals surface area contributed by atoms with Gasteiger partial charge in [-0.2, -0.15) is 0 Å². The zero-order chi connectivity index (χ0) is 13.2. The van der Waals surface area contributed by atoms with Gasteiger partial charge in [-0.15, -0.1) is 0 Å². The van der Waals surface area contributed by atoms with Crippen LogP contribution in [0.4, 0.5) is 0 Å². The molecule has 0 heterocycles. The number of hydrogen-bond donors (Lipinski definition) is 0. The maximum Gasteiger partial charge on any atom is 0 e. The molecule has 0 N–H and O–H groups in total. The first kappa shape index (κ1) is 21.1. The summed E-state index contributed by atoms with van der Waals surface area (Å²) in [6, 6.07) is 0. The largest absolute Gasteiger partial charge is 0 e. The maximum absolute atomic E-state index is 2.58. The topological polar surface area (TPSA) is 0 Å². The average molecular weight is 341 g/mol. The summed E-state index contributed by atoms with van der Waals surface area (Å²) in [6.07, 6.45) is 0. The molecule has 0 aliphatic carbocycles. The van der Waals surface area contributed by atoms with Crippen molar-refractivity contribution in [2.75, 3.05) is 0 Å². The van der Waals surface area contributed by atoms with Crippen LogP contribution < -0.4 is 0 Å². The van der Waals surface area contributed by atoms with Crippen molar-refractivity contribution in [3.63, 3.8) is 0 Å².